The third-order valence-corrected chi connectivity index (χ3v) is 3.81. The molecule has 0 bridgehead atoms. The van der Waals surface area contributed by atoms with E-state index in [1.54, 1.807) is 12.1 Å². The van der Waals surface area contributed by atoms with E-state index >= 15 is 0 Å². The van der Waals surface area contributed by atoms with Crippen molar-refractivity contribution in [2.24, 2.45) is 0 Å². The lowest BCUT2D eigenvalue weighted by atomic mass is 10.2. The van der Waals surface area contributed by atoms with Gasteiger partial charge in [-0.05, 0) is 35.9 Å². The van der Waals surface area contributed by atoms with Crippen LogP contribution in [0.15, 0.2) is 40.9 Å². The average Bonchev–Trinajstić information content (AvgIpc) is 2.30. The van der Waals surface area contributed by atoms with Gasteiger partial charge in [-0.25, -0.2) is 0 Å². The second kappa shape index (κ2) is 6.16. The van der Waals surface area contributed by atoms with Crippen LogP contribution in [0.1, 0.15) is 5.56 Å². The molecule has 0 radical (unpaired) electrons. The van der Waals surface area contributed by atoms with Crippen molar-refractivity contribution in [1.82, 2.24) is 0 Å². The van der Waals surface area contributed by atoms with E-state index in [1.807, 2.05) is 24.3 Å². The third-order valence-electron chi connectivity index (χ3n) is 2.42. The summed E-state index contributed by atoms with van der Waals surface area (Å²) in [7, 11) is 0. The molecule has 0 atom stereocenters. The molecular weight excluding hydrogens is 356 g/mol. The molecule has 1 nitrogen and oxygen atoms in total. The lowest BCUT2D eigenvalue weighted by molar-refractivity contribution is 1.15. The Labute approximate surface area is 129 Å². The molecule has 0 saturated heterocycles. The van der Waals surface area contributed by atoms with Gasteiger partial charge in [-0.15, -0.1) is 0 Å². The fourth-order valence-electron chi connectivity index (χ4n) is 1.49. The molecule has 2 rings (SSSR count). The lowest BCUT2D eigenvalue weighted by Gasteiger charge is -2.10. The molecule has 18 heavy (non-hydrogen) atoms. The summed E-state index contributed by atoms with van der Waals surface area (Å²) >= 11 is 21.4. The predicted molar refractivity (Wildman–Crippen MR) is 82.9 cm³/mol. The van der Waals surface area contributed by atoms with Crippen molar-refractivity contribution in [3.8, 4) is 0 Å². The summed E-state index contributed by atoms with van der Waals surface area (Å²) in [6.07, 6.45) is 0. The second-order valence-electron chi connectivity index (χ2n) is 3.71. The number of benzene rings is 2. The summed E-state index contributed by atoms with van der Waals surface area (Å²) in [6, 6.07) is 11.1. The molecule has 94 valence electrons. The van der Waals surface area contributed by atoms with E-state index in [4.69, 9.17) is 34.8 Å². The Morgan fingerprint density at radius 3 is 2.39 bits per heavy atom. The van der Waals surface area contributed by atoms with Crippen LogP contribution in [0.3, 0.4) is 0 Å². The Morgan fingerprint density at radius 2 is 1.72 bits per heavy atom. The maximum absolute atomic E-state index is 6.14. The summed E-state index contributed by atoms with van der Waals surface area (Å²) in [5.41, 5.74) is 1.84. The molecule has 0 saturated carbocycles. The largest absolute Gasteiger partial charge is 0.380 e. The molecular formula is C13H9BrCl3N. The van der Waals surface area contributed by atoms with Crippen molar-refractivity contribution >= 4 is 56.4 Å². The summed E-state index contributed by atoms with van der Waals surface area (Å²) < 4.78 is 0.959. The Kier molecular flexibility index (Phi) is 4.79. The normalized spacial score (nSPS) is 10.4. The molecule has 1 N–H and O–H groups in total. The summed E-state index contributed by atoms with van der Waals surface area (Å²) in [4.78, 5) is 0. The van der Waals surface area contributed by atoms with Gasteiger partial charge in [-0.1, -0.05) is 56.8 Å². The minimum Gasteiger partial charge on any atom is -0.380 e. The van der Waals surface area contributed by atoms with Gasteiger partial charge in [0.25, 0.3) is 0 Å². The van der Waals surface area contributed by atoms with Crippen LogP contribution >= 0.6 is 50.7 Å². The predicted octanol–water partition coefficient (Wildman–Crippen LogP) is 6.02. The van der Waals surface area contributed by atoms with Crippen molar-refractivity contribution in [2.75, 3.05) is 5.32 Å². The lowest BCUT2D eigenvalue weighted by Crippen LogP contribution is -2.00. The van der Waals surface area contributed by atoms with Crippen molar-refractivity contribution in [1.29, 1.82) is 0 Å². The summed E-state index contributed by atoms with van der Waals surface area (Å²) in [6.45, 7) is 0.605. The molecule has 0 heterocycles. The standard InChI is InChI=1S/C13H9BrCl3N/c14-9-2-1-8(11(16)5-9)7-18-13-4-3-10(15)6-12(13)17/h1-6,18H,7H2. The number of hydrogen-bond donors (Lipinski definition) is 1. The van der Waals surface area contributed by atoms with E-state index in [9.17, 15) is 0 Å². The number of anilines is 1. The SMILES string of the molecule is Clc1ccc(NCc2ccc(Br)cc2Cl)c(Cl)c1. The second-order valence-corrected chi connectivity index (χ2v) is 5.88. The smallest absolute Gasteiger partial charge is 0.0652 e. The van der Waals surface area contributed by atoms with Crippen LogP contribution in [-0.2, 0) is 6.54 Å². The van der Waals surface area contributed by atoms with Crippen LogP contribution in [0.2, 0.25) is 15.1 Å². The molecule has 0 aromatic heterocycles. The highest BCUT2D eigenvalue weighted by Crippen LogP contribution is 2.27. The number of rotatable bonds is 3. The van der Waals surface area contributed by atoms with Gasteiger partial charge in [0, 0.05) is 21.1 Å². The molecule has 0 fully saturated rings. The van der Waals surface area contributed by atoms with Crippen molar-refractivity contribution in [3.63, 3.8) is 0 Å². The Balaban J connectivity index is 2.11. The van der Waals surface area contributed by atoms with Crippen molar-refractivity contribution in [2.45, 2.75) is 6.54 Å². The molecule has 2 aromatic rings. The fraction of sp³-hybridized carbons (Fsp3) is 0.0769. The Hall–Kier alpha value is -0.410. The van der Waals surface area contributed by atoms with Crippen LogP contribution in [-0.4, -0.2) is 0 Å². The maximum Gasteiger partial charge on any atom is 0.0652 e. The molecule has 0 spiro atoms. The Morgan fingerprint density at radius 1 is 0.944 bits per heavy atom. The molecule has 2 aromatic carbocycles. The molecule has 0 aliphatic rings. The van der Waals surface area contributed by atoms with Crippen LogP contribution < -0.4 is 5.32 Å². The van der Waals surface area contributed by atoms with Crippen molar-refractivity contribution in [3.05, 3.63) is 61.5 Å². The number of nitrogens with one attached hydrogen (secondary N) is 1. The summed E-state index contributed by atoms with van der Waals surface area (Å²) in [5, 5.41) is 5.15. The van der Waals surface area contributed by atoms with Crippen molar-refractivity contribution < 1.29 is 0 Å². The van der Waals surface area contributed by atoms with Gasteiger partial charge in [0.2, 0.25) is 0 Å². The minimum absolute atomic E-state index is 0.593. The highest BCUT2D eigenvalue weighted by atomic mass is 79.9. The maximum atomic E-state index is 6.14. The van der Waals surface area contributed by atoms with Gasteiger partial charge in [-0.2, -0.15) is 0 Å². The fourth-order valence-corrected chi connectivity index (χ4v) is 2.70. The van der Waals surface area contributed by atoms with Gasteiger partial charge in [0.15, 0.2) is 0 Å². The zero-order chi connectivity index (χ0) is 13.1. The zero-order valence-corrected chi connectivity index (χ0v) is 13.0. The first-order valence-corrected chi connectivity index (χ1v) is 7.12. The van der Waals surface area contributed by atoms with E-state index in [0.717, 1.165) is 15.7 Å². The topological polar surface area (TPSA) is 12.0 Å². The van der Waals surface area contributed by atoms with Crippen LogP contribution in [0, 0.1) is 0 Å². The Bertz CT molecular complexity index is 521. The van der Waals surface area contributed by atoms with E-state index in [2.05, 4.69) is 21.2 Å². The highest BCUT2D eigenvalue weighted by Gasteiger charge is 2.04. The van der Waals surface area contributed by atoms with E-state index in [-0.39, 0.29) is 0 Å². The molecule has 5 heteroatoms. The number of hydrogen-bond acceptors (Lipinski definition) is 1. The zero-order valence-electron chi connectivity index (χ0n) is 9.18. The quantitative estimate of drug-likeness (QED) is 0.701. The first-order chi connectivity index (χ1) is 8.56. The third kappa shape index (κ3) is 3.55. The molecule has 0 amide bonds. The van der Waals surface area contributed by atoms with Crippen LogP contribution in [0.4, 0.5) is 5.69 Å². The first-order valence-electron chi connectivity index (χ1n) is 5.19. The van der Waals surface area contributed by atoms with Gasteiger partial charge in [0.1, 0.15) is 0 Å². The average molecular weight is 365 g/mol. The first kappa shape index (κ1) is 14.0. The molecule has 0 aliphatic carbocycles. The van der Waals surface area contributed by atoms with Gasteiger partial charge in [-0.3, -0.25) is 0 Å². The summed E-state index contributed by atoms with van der Waals surface area (Å²) in [5.74, 6) is 0. The molecule has 0 aliphatic heterocycles. The molecule has 0 unspecified atom stereocenters. The van der Waals surface area contributed by atoms with E-state index in [0.29, 0.717) is 21.6 Å². The van der Waals surface area contributed by atoms with E-state index in [1.165, 1.54) is 0 Å². The highest BCUT2D eigenvalue weighted by molar-refractivity contribution is 9.10. The number of halogens is 4. The van der Waals surface area contributed by atoms with Crippen LogP contribution in [0.5, 0.6) is 0 Å². The van der Waals surface area contributed by atoms with E-state index < -0.39 is 0 Å². The van der Waals surface area contributed by atoms with Gasteiger partial charge < -0.3 is 5.32 Å². The minimum atomic E-state index is 0.593. The van der Waals surface area contributed by atoms with Gasteiger partial charge in [0.05, 0.1) is 10.7 Å². The van der Waals surface area contributed by atoms with Gasteiger partial charge >= 0.3 is 0 Å². The monoisotopic (exact) mass is 363 g/mol. The van der Waals surface area contributed by atoms with Crippen LogP contribution in [0.25, 0.3) is 0 Å².